The van der Waals surface area contributed by atoms with Crippen LogP contribution in [0, 0.1) is 5.92 Å². The van der Waals surface area contributed by atoms with Gasteiger partial charge in [0.05, 0.1) is 11.7 Å². The fourth-order valence-electron chi connectivity index (χ4n) is 3.54. The van der Waals surface area contributed by atoms with Gasteiger partial charge in [0.15, 0.2) is 0 Å². The van der Waals surface area contributed by atoms with Crippen LogP contribution in [0.1, 0.15) is 24.4 Å². The van der Waals surface area contributed by atoms with Gasteiger partial charge >= 0.3 is 6.03 Å². The van der Waals surface area contributed by atoms with E-state index in [1.54, 1.807) is 0 Å². The monoisotopic (exact) mass is 255 g/mol. The maximum atomic E-state index is 11.9. The molecule has 4 nitrogen and oxygen atoms in total. The van der Waals surface area contributed by atoms with Crippen LogP contribution >= 0.6 is 0 Å². The fraction of sp³-hybridized carbons (Fsp3) is 0.400. The summed E-state index contributed by atoms with van der Waals surface area (Å²) in [4.78, 5) is 14.3. The van der Waals surface area contributed by atoms with E-state index >= 15 is 0 Å². The molecule has 2 amide bonds. The number of urea groups is 1. The van der Waals surface area contributed by atoms with Crippen LogP contribution in [0.5, 0.6) is 0 Å². The molecule has 4 aliphatic rings. The number of benzene rings is 1. The van der Waals surface area contributed by atoms with E-state index in [9.17, 15) is 4.79 Å². The van der Waals surface area contributed by atoms with E-state index in [0.717, 1.165) is 24.4 Å². The molecular weight excluding hydrogens is 238 g/mol. The zero-order valence-corrected chi connectivity index (χ0v) is 10.7. The third-order valence-corrected chi connectivity index (χ3v) is 4.45. The van der Waals surface area contributed by atoms with Gasteiger partial charge in [-0.2, -0.15) is 0 Å². The summed E-state index contributed by atoms with van der Waals surface area (Å²) in [5, 5.41) is 6.10. The second kappa shape index (κ2) is 4.02. The molecule has 4 aliphatic heterocycles. The predicted octanol–water partition coefficient (Wildman–Crippen LogP) is 1.98. The molecule has 19 heavy (non-hydrogen) atoms. The predicted molar refractivity (Wildman–Crippen MR) is 72.2 cm³/mol. The highest BCUT2D eigenvalue weighted by atomic mass is 16.2. The Morgan fingerprint density at radius 1 is 1.11 bits per heavy atom. The van der Waals surface area contributed by atoms with E-state index in [2.05, 4.69) is 27.7 Å². The molecule has 98 valence electrons. The molecule has 0 aliphatic carbocycles. The van der Waals surface area contributed by atoms with Crippen LogP contribution in [0.25, 0.3) is 0 Å². The molecule has 0 spiro atoms. The van der Waals surface area contributed by atoms with Crippen LogP contribution < -0.4 is 10.6 Å². The Labute approximate surface area is 112 Å². The highest BCUT2D eigenvalue weighted by Crippen LogP contribution is 2.41. The summed E-state index contributed by atoms with van der Waals surface area (Å²) in [5.41, 5.74) is 3.61. The Balaban J connectivity index is 1.82. The standard InChI is InChI=1S/C15H17N3O/c19-15-16-12(10-4-2-1-3-5-10)14-13(17-15)11-6-8-18(14)9-7-11/h1-5,11-12H,6-9H2,(H2,16,17,19). The van der Waals surface area contributed by atoms with Crippen LogP contribution in [0.3, 0.4) is 0 Å². The Bertz CT molecular complexity index is 544. The van der Waals surface area contributed by atoms with Crippen molar-refractivity contribution in [1.82, 2.24) is 15.5 Å². The van der Waals surface area contributed by atoms with E-state index < -0.39 is 0 Å². The number of allylic oxidation sites excluding steroid dienone is 1. The van der Waals surface area contributed by atoms with E-state index in [1.807, 2.05) is 18.2 Å². The van der Waals surface area contributed by atoms with Crippen LogP contribution in [0.2, 0.25) is 0 Å². The lowest BCUT2D eigenvalue weighted by Gasteiger charge is -2.48. The summed E-state index contributed by atoms with van der Waals surface area (Å²) >= 11 is 0. The maximum Gasteiger partial charge on any atom is 0.319 e. The second-order valence-electron chi connectivity index (χ2n) is 5.50. The number of rotatable bonds is 1. The third kappa shape index (κ3) is 1.63. The molecule has 2 N–H and O–H groups in total. The van der Waals surface area contributed by atoms with Gasteiger partial charge in [-0.15, -0.1) is 0 Å². The van der Waals surface area contributed by atoms with E-state index in [1.165, 1.54) is 18.5 Å². The van der Waals surface area contributed by atoms with Gasteiger partial charge in [-0.3, -0.25) is 0 Å². The highest BCUT2D eigenvalue weighted by molar-refractivity contribution is 5.79. The average molecular weight is 255 g/mol. The van der Waals surface area contributed by atoms with Gasteiger partial charge in [-0.25, -0.2) is 4.79 Å². The minimum atomic E-state index is -0.0682. The third-order valence-electron chi connectivity index (χ3n) is 4.45. The van der Waals surface area contributed by atoms with E-state index in [-0.39, 0.29) is 12.1 Å². The van der Waals surface area contributed by atoms with Crippen molar-refractivity contribution in [2.45, 2.75) is 18.9 Å². The summed E-state index contributed by atoms with van der Waals surface area (Å²) in [6, 6.07) is 10.2. The quantitative estimate of drug-likeness (QED) is 0.806. The van der Waals surface area contributed by atoms with Gasteiger partial charge in [0.1, 0.15) is 0 Å². The Morgan fingerprint density at radius 2 is 1.84 bits per heavy atom. The van der Waals surface area contributed by atoms with Gasteiger partial charge < -0.3 is 15.5 Å². The first-order valence-electron chi connectivity index (χ1n) is 6.94. The molecule has 1 atom stereocenters. The number of nitrogens with zero attached hydrogens (tertiary/aromatic N) is 1. The number of carbonyl (C=O) groups is 1. The van der Waals surface area contributed by atoms with Gasteiger partial charge in [0.2, 0.25) is 0 Å². The average Bonchev–Trinajstić information content (AvgIpc) is 2.48. The van der Waals surface area contributed by atoms with Crippen LogP contribution in [-0.2, 0) is 0 Å². The van der Waals surface area contributed by atoms with Crippen molar-refractivity contribution >= 4 is 6.03 Å². The number of fused-ring (bicyclic) bond motifs is 2. The van der Waals surface area contributed by atoms with Gasteiger partial charge in [-0.05, 0) is 18.4 Å². The lowest BCUT2D eigenvalue weighted by molar-refractivity contribution is 0.167. The molecule has 0 aromatic heterocycles. The number of hydrogen-bond donors (Lipinski definition) is 2. The topological polar surface area (TPSA) is 44.4 Å². The first-order valence-corrected chi connectivity index (χ1v) is 6.94. The van der Waals surface area contributed by atoms with Crippen LogP contribution in [0.15, 0.2) is 41.7 Å². The van der Waals surface area contributed by atoms with Crippen molar-refractivity contribution in [2.24, 2.45) is 5.92 Å². The first-order chi connectivity index (χ1) is 9.33. The van der Waals surface area contributed by atoms with E-state index in [0.29, 0.717) is 5.92 Å². The molecule has 0 radical (unpaired) electrons. The summed E-state index contributed by atoms with van der Waals surface area (Å²) < 4.78 is 0. The normalized spacial score (nSPS) is 26.0. The zero-order valence-electron chi connectivity index (χ0n) is 10.7. The number of amides is 2. The summed E-state index contributed by atoms with van der Waals surface area (Å²) in [7, 11) is 0. The largest absolute Gasteiger partial charge is 0.371 e. The van der Waals surface area contributed by atoms with Crippen LogP contribution in [-0.4, -0.2) is 24.0 Å². The molecule has 4 heterocycles. The Kier molecular flexibility index (Phi) is 2.31. The van der Waals surface area contributed by atoms with Crippen LogP contribution in [0.4, 0.5) is 4.79 Å². The maximum absolute atomic E-state index is 11.9. The second-order valence-corrected chi connectivity index (χ2v) is 5.50. The summed E-state index contributed by atoms with van der Waals surface area (Å²) in [6.45, 7) is 2.23. The molecule has 5 rings (SSSR count). The summed E-state index contributed by atoms with van der Waals surface area (Å²) in [6.07, 6.45) is 2.33. The smallest absolute Gasteiger partial charge is 0.319 e. The number of piperidine rings is 1. The highest BCUT2D eigenvalue weighted by Gasteiger charge is 2.40. The van der Waals surface area contributed by atoms with Crippen molar-refractivity contribution in [3.05, 3.63) is 47.3 Å². The van der Waals surface area contributed by atoms with Gasteiger partial charge in [0.25, 0.3) is 0 Å². The fourth-order valence-corrected chi connectivity index (χ4v) is 3.54. The molecule has 4 heteroatoms. The molecule has 1 aromatic carbocycles. The minimum absolute atomic E-state index is 0.00745. The zero-order chi connectivity index (χ0) is 12.8. The lowest BCUT2D eigenvalue weighted by Crippen LogP contribution is -2.55. The minimum Gasteiger partial charge on any atom is -0.371 e. The molecule has 0 saturated carbocycles. The van der Waals surface area contributed by atoms with E-state index in [4.69, 9.17) is 0 Å². The lowest BCUT2D eigenvalue weighted by atomic mass is 9.82. The van der Waals surface area contributed by atoms with Gasteiger partial charge in [-0.1, -0.05) is 30.3 Å². The van der Waals surface area contributed by atoms with Gasteiger partial charge in [0, 0.05) is 24.7 Å². The molecule has 1 saturated heterocycles. The van der Waals surface area contributed by atoms with Crippen molar-refractivity contribution in [3.63, 3.8) is 0 Å². The molecule has 1 aromatic rings. The molecule has 1 unspecified atom stereocenters. The number of nitrogens with one attached hydrogen (secondary N) is 2. The molecule has 2 bridgehead atoms. The summed E-state index contributed by atoms with van der Waals surface area (Å²) in [5.74, 6) is 0.539. The Morgan fingerprint density at radius 3 is 2.58 bits per heavy atom. The first kappa shape index (κ1) is 10.9. The van der Waals surface area contributed by atoms with Crippen molar-refractivity contribution in [3.8, 4) is 0 Å². The number of hydrogen-bond acceptors (Lipinski definition) is 2. The molecule has 1 fully saturated rings. The van der Waals surface area contributed by atoms with Crippen molar-refractivity contribution in [1.29, 1.82) is 0 Å². The SMILES string of the molecule is O=C1NC2=C(C(c3ccccc3)N1)N1CCC2CC1. The Hall–Kier alpha value is -1.97. The van der Waals surface area contributed by atoms with Crippen molar-refractivity contribution in [2.75, 3.05) is 13.1 Å². The molecular formula is C15H17N3O. The van der Waals surface area contributed by atoms with Crippen molar-refractivity contribution < 1.29 is 4.79 Å². The number of carbonyl (C=O) groups excluding carboxylic acids is 1.